The molecular weight excluding hydrogens is 578 g/mol. The summed E-state index contributed by atoms with van der Waals surface area (Å²) in [6.45, 7) is 3.23. The molecule has 0 bridgehead atoms. The molecule has 10 heteroatoms. The minimum Gasteiger partial charge on any atom is -0.492 e. The number of hydrogen-bond donors (Lipinski definition) is 4. The number of fused-ring (bicyclic) bond motifs is 1. The van der Waals surface area contributed by atoms with Crippen molar-refractivity contribution in [3.63, 3.8) is 0 Å². The van der Waals surface area contributed by atoms with Crippen LogP contribution in [0.25, 0.3) is 6.08 Å². The SMILES string of the molecule is O=C(O)CC(O)(C(=O)O)C(C(=O)O)C1(C(=O)c2ccc(OCCN3CCCC3)cc2)c2ccccc2C=CC1c1ccccc1. The Kier molecular flexibility index (Phi) is 9.17. The molecule has 5 rings (SSSR count). The van der Waals surface area contributed by atoms with Gasteiger partial charge in [0.1, 0.15) is 18.3 Å². The lowest BCUT2D eigenvalue weighted by atomic mass is 9.51. The summed E-state index contributed by atoms with van der Waals surface area (Å²) in [6, 6.07) is 21.1. The summed E-state index contributed by atoms with van der Waals surface area (Å²) < 4.78 is 5.89. The molecule has 0 radical (unpaired) electrons. The Morgan fingerprint density at radius 1 is 0.889 bits per heavy atom. The van der Waals surface area contributed by atoms with Crippen LogP contribution in [-0.4, -0.2) is 80.9 Å². The summed E-state index contributed by atoms with van der Waals surface area (Å²) in [5.74, 6) is -9.45. The smallest absolute Gasteiger partial charge is 0.337 e. The van der Waals surface area contributed by atoms with E-state index in [9.17, 15) is 34.8 Å². The van der Waals surface area contributed by atoms with Crippen molar-refractivity contribution in [3.05, 3.63) is 107 Å². The second-order valence-corrected chi connectivity index (χ2v) is 11.5. The minimum atomic E-state index is -3.38. The van der Waals surface area contributed by atoms with Gasteiger partial charge in [0.05, 0.1) is 11.8 Å². The highest BCUT2D eigenvalue weighted by Crippen LogP contribution is 2.55. The highest BCUT2D eigenvalue weighted by atomic mass is 16.5. The maximum atomic E-state index is 15.1. The third-order valence-corrected chi connectivity index (χ3v) is 8.86. The van der Waals surface area contributed by atoms with Crippen LogP contribution in [0, 0.1) is 5.92 Å². The fraction of sp³-hybridized carbons (Fsp3) is 0.314. The Morgan fingerprint density at radius 3 is 2.16 bits per heavy atom. The number of allylic oxidation sites excluding steroid dienone is 1. The van der Waals surface area contributed by atoms with Gasteiger partial charge < -0.3 is 25.2 Å². The van der Waals surface area contributed by atoms with E-state index in [0.29, 0.717) is 23.5 Å². The van der Waals surface area contributed by atoms with E-state index in [1.807, 2.05) is 0 Å². The zero-order chi connectivity index (χ0) is 32.2. The third-order valence-electron chi connectivity index (χ3n) is 8.86. The largest absolute Gasteiger partial charge is 0.492 e. The molecular formula is C35H35NO9. The van der Waals surface area contributed by atoms with Crippen molar-refractivity contribution >= 4 is 29.8 Å². The van der Waals surface area contributed by atoms with Gasteiger partial charge >= 0.3 is 17.9 Å². The maximum Gasteiger partial charge on any atom is 0.337 e. The molecule has 4 N–H and O–H groups in total. The van der Waals surface area contributed by atoms with Crippen molar-refractivity contribution in [1.82, 2.24) is 4.90 Å². The summed E-state index contributed by atoms with van der Waals surface area (Å²) in [5, 5.41) is 42.4. The van der Waals surface area contributed by atoms with E-state index >= 15 is 4.79 Å². The monoisotopic (exact) mass is 613 g/mol. The fourth-order valence-electron chi connectivity index (χ4n) is 6.85. The first-order valence-electron chi connectivity index (χ1n) is 14.8. The molecule has 1 fully saturated rings. The number of carbonyl (C=O) groups is 4. The number of Topliss-reactive ketones (excluding diaryl/α,β-unsaturated/α-hetero) is 1. The molecule has 0 saturated carbocycles. The number of rotatable bonds is 13. The van der Waals surface area contributed by atoms with Gasteiger partial charge in [0.25, 0.3) is 0 Å². The maximum absolute atomic E-state index is 15.1. The summed E-state index contributed by atoms with van der Waals surface area (Å²) >= 11 is 0. The number of carboxylic acid groups (broad SMARTS) is 3. The third kappa shape index (κ3) is 5.99. The Bertz CT molecular complexity index is 1600. The lowest BCUT2D eigenvalue weighted by Crippen LogP contribution is -2.64. The molecule has 1 aliphatic carbocycles. The molecule has 4 atom stereocenters. The molecule has 234 valence electrons. The number of carboxylic acids is 3. The van der Waals surface area contributed by atoms with Crippen LogP contribution >= 0.6 is 0 Å². The zero-order valence-electron chi connectivity index (χ0n) is 24.5. The number of benzene rings is 3. The summed E-state index contributed by atoms with van der Waals surface area (Å²) in [6.07, 6.45) is 4.19. The number of hydrogen-bond acceptors (Lipinski definition) is 7. The second-order valence-electron chi connectivity index (χ2n) is 11.5. The van der Waals surface area contributed by atoms with Crippen LogP contribution in [0.15, 0.2) is 84.9 Å². The predicted octanol–water partition coefficient (Wildman–Crippen LogP) is 4.08. The van der Waals surface area contributed by atoms with Gasteiger partial charge in [-0.2, -0.15) is 0 Å². The van der Waals surface area contributed by atoms with Gasteiger partial charge in [-0.3, -0.25) is 19.3 Å². The molecule has 1 aliphatic heterocycles. The molecule has 0 amide bonds. The number of carbonyl (C=O) groups excluding carboxylic acids is 1. The Morgan fingerprint density at radius 2 is 1.53 bits per heavy atom. The topological polar surface area (TPSA) is 162 Å². The van der Waals surface area contributed by atoms with Crippen molar-refractivity contribution in [3.8, 4) is 5.75 Å². The number of ether oxygens (including phenoxy) is 1. The van der Waals surface area contributed by atoms with E-state index in [1.165, 1.54) is 18.2 Å². The first-order chi connectivity index (χ1) is 21.6. The Labute approximate surface area is 260 Å². The average Bonchev–Trinajstić information content (AvgIpc) is 3.54. The lowest BCUT2D eigenvalue weighted by Gasteiger charge is -2.49. The molecule has 4 unspecified atom stereocenters. The normalized spacial score (nSPS) is 21.3. The molecule has 45 heavy (non-hydrogen) atoms. The van der Waals surface area contributed by atoms with Crippen molar-refractivity contribution < 1.29 is 44.3 Å². The van der Waals surface area contributed by atoms with E-state index in [0.717, 1.165) is 32.5 Å². The zero-order valence-corrected chi connectivity index (χ0v) is 24.5. The molecule has 2 aliphatic rings. The van der Waals surface area contributed by atoms with Crippen LogP contribution in [0.2, 0.25) is 0 Å². The van der Waals surface area contributed by atoms with Crippen molar-refractivity contribution in [1.29, 1.82) is 0 Å². The number of nitrogens with zero attached hydrogens (tertiary/aromatic N) is 1. The summed E-state index contributed by atoms with van der Waals surface area (Å²) in [5.41, 5.74) is -4.55. The first kappa shape index (κ1) is 31.6. The summed E-state index contributed by atoms with van der Waals surface area (Å²) in [7, 11) is 0. The number of aliphatic carboxylic acids is 3. The van der Waals surface area contributed by atoms with Crippen molar-refractivity contribution in [2.75, 3.05) is 26.2 Å². The second kappa shape index (κ2) is 13.1. The van der Waals surface area contributed by atoms with Crippen LogP contribution in [0.1, 0.15) is 52.2 Å². The molecule has 3 aromatic rings. The van der Waals surface area contributed by atoms with Gasteiger partial charge in [0, 0.05) is 18.0 Å². The molecule has 1 heterocycles. The number of likely N-dealkylation sites (tertiary alicyclic amines) is 1. The van der Waals surface area contributed by atoms with E-state index in [4.69, 9.17) is 4.74 Å². The minimum absolute atomic E-state index is 0.0437. The molecule has 0 aromatic heterocycles. The van der Waals surface area contributed by atoms with E-state index in [2.05, 4.69) is 4.90 Å². The molecule has 10 nitrogen and oxygen atoms in total. The lowest BCUT2D eigenvalue weighted by molar-refractivity contribution is -0.183. The number of aliphatic hydroxyl groups is 1. The predicted molar refractivity (Wildman–Crippen MR) is 164 cm³/mol. The Hall–Kier alpha value is -4.80. The van der Waals surface area contributed by atoms with E-state index in [-0.39, 0.29) is 11.1 Å². The van der Waals surface area contributed by atoms with Crippen molar-refractivity contribution in [2.45, 2.75) is 36.2 Å². The highest BCUT2D eigenvalue weighted by molar-refractivity contribution is 6.10. The molecule has 0 spiro atoms. The van der Waals surface area contributed by atoms with Crippen molar-refractivity contribution in [2.24, 2.45) is 5.92 Å². The van der Waals surface area contributed by atoms with Gasteiger partial charge in [-0.05, 0) is 66.9 Å². The Balaban J connectivity index is 1.69. The number of ketones is 1. The molecule has 3 aromatic carbocycles. The first-order valence-corrected chi connectivity index (χ1v) is 14.8. The van der Waals surface area contributed by atoms with E-state index in [1.54, 1.807) is 72.8 Å². The van der Waals surface area contributed by atoms with Crippen LogP contribution in [0.3, 0.4) is 0 Å². The molecule has 1 saturated heterocycles. The average molecular weight is 614 g/mol. The van der Waals surface area contributed by atoms with Gasteiger partial charge in [0.15, 0.2) is 11.4 Å². The highest BCUT2D eigenvalue weighted by Gasteiger charge is 2.66. The van der Waals surface area contributed by atoms with E-state index < -0.39 is 53.0 Å². The van der Waals surface area contributed by atoms with Gasteiger partial charge in [-0.15, -0.1) is 0 Å². The van der Waals surface area contributed by atoms with Crippen LogP contribution in [-0.2, 0) is 19.8 Å². The summed E-state index contributed by atoms with van der Waals surface area (Å²) in [4.78, 5) is 55.4. The van der Waals surface area contributed by atoms with Gasteiger partial charge in [-0.25, -0.2) is 4.79 Å². The standard InChI is InChI=1S/C35H35NO9/c37-29(38)22-34(44,33(42)43)30(32(40)41)35(27-11-5-4-10-24(27)14-17-28(35)23-8-2-1-3-9-23)31(39)25-12-15-26(16-13-25)45-21-20-36-18-6-7-19-36/h1-5,8-17,28,30,44H,6-7,18-22H2,(H,37,38)(H,40,41)(H,42,43). The quantitative estimate of drug-likeness (QED) is 0.207. The van der Waals surface area contributed by atoms with Gasteiger partial charge in [0.2, 0.25) is 0 Å². The van der Waals surface area contributed by atoms with Crippen LogP contribution < -0.4 is 4.74 Å². The van der Waals surface area contributed by atoms with Crippen LogP contribution in [0.5, 0.6) is 5.75 Å². The van der Waals surface area contributed by atoms with Crippen LogP contribution in [0.4, 0.5) is 0 Å². The van der Waals surface area contributed by atoms with Gasteiger partial charge in [-0.1, -0.05) is 66.7 Å². The fourth-order valence-corrected chi connectivity index (χ4v) is 6.85.